The van der Waals surface area contributed by atoms with Crippen LogP contribution in [0.1, 0.15) is 5.56 Å². The van der Waals surface area contributed by atoms with Crippen molar-refractivity contribution in [2.24, 2.45) is 0 Å². The lowest BCUT2D eigenvalue weighted by molar-refractivity contribution is -0.384. The molecule has 3 aromatic rings. The number of fused-ring (bicyclic) bond motifs is 2. The molecule has 4 nitrogen and oxygen atoms in total. The van der Waals surface area contributed by atoms with Gasteiger partial charge >= 0.3 is 6.85 Å². The number of nitrogens with one attached hydrogen (secondary N) is 1. The third-order valence-corrected chi connectivity index (χ3v) is 4.16. The number of non-ortho nitro benzene ring substituents is 1. The van der Waals surface area contributed by atoms with E-state index in [1.807, 2.05) is 12.1 Å². The molecule has 0 aliphatic carbocycles. The largest absolute Gasteiger partial charge is 0.420 e. The average molecular weight is 300 g/mol. The summed E-state index contributed by atoms with van der Waals surface area (Å²) in [6.07, 6.45) is 2.10. The summed E-state index contributed by atoms with van der Waals surface area (Å²) >= 11 is 0. The molecule has 0 saturated carbocycles. The van der Waals surface area contributed by atoms with E-state index in [2.05, 4.69) is 41.5 Å². The summed E-state index contributed by atoms with van der Waals surface area (Å²) in [6.45, 7) is 0.0180. The highest BCUT2D eigenvalue weighted by molar-refractivity contribution is 6.81. The van der Waals surface area contributed by atoms with Crippen LogP contribution in [-0.2, 0) is 0 Å². The molecule has 0 unspecified atom stereocenters. The molecule has 23 heavy (non-hydrogen) atoms. The van der Waals surface area contributed by atoms with Crippen LogP contribution in [-0.4, -0.2) is 11.8 Å². The van der Waals surface area contributed by atoms with Gasteiger partial charge in [-0.2, -0.15) is 0 Å². The van der Waals surface area contributed by atoms with Crippen molar-refractivity contribution in [3.05, 3.63) is 82.3 Å². The minimum Gasteiger partial charge on any atom is -0.420 e. The van der Waals surface area contributed by atoms with Crippen LogP contribution in [0.4, 0.5) is 11.4 Å². The molecule has 4 rings (SSSR count). The number of hydrogen-bond acceptors (Lipinski definition) is 3. The van der Waals surface area contributed by atoms with Gasteiger partial charge in [0.2, 0.25) is 0 Å². The van der Waals surface area contributed by atoms with Gasteiger partial charge in [-0.05, 0) is 28.5 Å². The van der Waals surface area contributed by atoms with E-state index in [9.17, 15) is 10.1 Å². The molecule has 0 bridgehead atoms. The SMILES string of the molecule is O=[N+]([O-])c1ccc(B2C=Cc3cc4ccccc4cc3N2)cc1. The quantitative estimate of drug-likeness (QED) is 0.447. The fourth-order valence-electron chi connectivity index (χ4n) is 2.93. The topological polar surface area (TPSA) is 55.2 Å². The Morgan fingerprint density at radius 3 is 2.35 bits per heavy atom. The maximum Gasteiger partial charge on any atom is 0.313 e. The van der Waals surface area contributed by atoms with Crippen LogP contribution < -0.4 is 10.7 Å². The first kappa shape index (κ1) is 13.6. The summed E-state index contributed by atoms with van der Waals surface area (Å²) in [6, 6.07) is 19.3. The molecule has 1 aliphatic rings. The molecule has 1 heterocycles. The molecule has 110 valence electrons. The minimum atomic E-state index is -0.380. The smallest absolute Gasteiger partial charge is 0.313 e. The highest BCUT2D eigenvalue weighted by Gasteiger charge is 2.20. The van der Waals surface area contributed by atoms with Crippen LogP contribution in [0.2, 0.25) is 0 Å². The lowest BCUT2D eigenvalue weighted by atomic mass is 9.54. The minimum absolute atomic E-state index is 0.0180. The molecule has 0 saturated heterocycles. The third kappa shape index (κ3) is 2.46. The van der Waals surface area contributed by atoms with Crippen LogP contribution >= 0.6 is 0 Å². The Morgan fingerprint density at radius 1 is 0.957 bits per heavy atom. The number of anilines is 1. The van der Waals surface area contributed by atoms with E-state index in [-0.39, 0.29) is 17.5 Å². The van der Waals surface area contributed by atoms with Crippen molar-refractivity contribution in [2.45, 2.75) is 0 Å². The predicted molar refractivity (Wildman–Crippen MR) is 95.1 cm³/mol. The Balaban J connectivity index is 1.68. The van der Waals surface area contributed by atoms with E-state index in [0.717, 1.165) is 16.7 Å². The number of hydrogen-bond donors (Lipinski definition) is 1. The zero-order chi connectivity index (χ0) is 15.8. The summed E-state index contributed by atoms with van der Waals surface area (Å²) in [5.41, 5.74) is 3.35. The van der Waals surface area contributed by atoms with Crippen molar-refractivity contribution in [2.75, 3.05) is 5.23 Å². The first-order valence-corrected chi connectivity index (χ1v) is 7.42. The van der Waals surface area contributed by atoms with Gasteiger partial charge in [-0.25, -0.2) is 0 Å². The van der Waals surface area contributed by atoms with Gasteiger partial charge in [0.15, 0.2) is 0 Å². The Kier molecular flexibility index (Phi) is 3.12. The average Bonchev–Trinajstić information content (AvgIpc) is 2.59. The molecular weight excluding hydrogens is 287 g/mol. The van der Waals surface area contributed by atoms with Gasteiger partial charge in [0, 0.05) is 17.8 Å². The second-order valence-electron chi connectivity index (χ2n) is 5.62. The molecule has 1 N–H and O–H groups in total. The number of benzene rings is 3. The van der Waals surface area contributed by atoms with Crippen LogP contribution in [0.15, 0.2) is 66.6 Å². The summed E-state index contributed by atoms with van der Waals surface area (Å²) in [5.74, 6) is 2.08. The van der Waals surface area contributed by atoms with E-state index in [0.29, 0.717) is 0 Å². The fourth-order valence-corrected chi connectivity index (χ4v) is 2.93. The van der Waals surface area contributed by atoms with E-state index in [1.54, 1.807) is 24.3 Å². The van der Waals surface area contributed by atoms with E-state index in [1.165, 1.54) is 10.8 Å². The Morgan fingerprint density at radius 2 is 1.65 bits per heavy atom. The molecule has 5 heteroatoms. The lowest BCUT2D eigenvalue weighted by Gasteiger charge is -2.20. The lowest BCUT2D eigenvalue weighted by Crippen LogP contribution is -2.38. The highest BCUT2D eigenvalue weighted by Crippen LogP contribution is 2.28. The predicted octanol–water partition coefficient (Wildman–Crippen LogP) is 3.62. The van der Waals surface area contributed by atoms with Crippen LogP contribution in [0.3, 0.4) is 0 Å². The zero-order valence-corrected chi connectivity index (χ0v) is 12.3. The number of nitro groups is 1. The van der Waals surface area contributed by atoms with Crippen molar-refractivity contribution in [3.8, 4) is 0 Å². The molecule has 0 radical (unpaired) electrons. The molecule has 0 fully saturated rings. The van der Waals surface area contributed by atoms with Crippen LogP contribution in [0.25, 0.3) is 16.8 Å². The fraction of sp³-hybridized carbons (Fsp3) is 0. The van der Waals surface area contributed by atoms with Crippen LogP contribution in [0, 0.1) is 10.1 Å². The molecule has 0 atom stereocenters. The number of nitrogens with zero attached hydrogens (tertiary/aromatic N) is 1. The summed E-state index contributed by atoms with van der Waals surface area (Å²) in [5, 5.41) is 16.7. The highest BCUT2D eigenvalue weighted by atomic mass is 16.6. The molecule has 0 spiro atoms. The first-order valence-electron chi connectivity index (χ1n) is 7.42. The Bertz CT molecular complexity index is 935. The molecule has 0 aromatic heterocycles. The van der Waals surface area contributed by atoms with Gasteiger partial charge in [-0.3, -0.25) is 10.1 Å². The van der Waals surface area contributed by atoms with Crippen molar-refractivity contribution < 1.29 is 4.92 Å². The van der Waals surface area contributed by atoms with Crippen molar-refractivity contribution in [1.82, 2.24) is 0 Å². The second-order valence-corrected chi connectivity index (χ2v) is 5.62. The zero-order valence-electron chi connectivity index (χ0n) is 12.3. The maximum atomic E-state index is 10.8. The van der Waals surface area contributed by atoms with Gasteiger partial charge in [0.1, 0.15) is 0 Å². The van der Waals surface area contributed by atoms with E-state index >= 15 is 0 Å². The standard InChI is InChI=1S/C18H13BN2O2/c22-21(23)17-7-5-16(6-8-17)19-10-9-15-11-13-3-1-2-4-14(13)12-18(15)20-19/h1-12,20H. The number of nitro benzene ring substituents is 1. The maximum absolute atomic E-state index is 10.8. The normalized spacial score (nSPS) is 12.8. The second kappa shape index (κ2) is 5.28. The van der Waals surface area contributed by atoms with Gasteiger partial charge < -0.3 is 5.23 Å². The van der Waals surface area contributed by atoms with Crippen molar-refractivity contribution in [3.63, 3.8) is 0 Å². The molecule has 0 amide bonds. The molecule has 3 aromatic carbocycles. The van der Waals surface area contributed by atoms with Crippen molar-refractivity contribution in [1.29, 1.82) is 0 Å². The van der Waals surface area contributed by atoms with E-state index in [4.69, 9.17) is 0 Å². The third-order valence-electron chi connectivity index (χ3n) is 4.16. The molecule has 1 aliphatic heterocycles. The number of rotatable bonds is 2. The van der Waals surface area contributed by atoms with Gasteiger partial charge in [0.05, 0.1) is 4.92 Å². The van der Waals surface area contributed by atoms with E-state index < -0.39 is 0 Å². The van der Waals surface area contributed by atoms with Gasteiger partial charge in [-0.1, -0.05) is 53.9 Å². The summed E-state index contributed by atoms with van der Waals surface area (Å²) in [4.78, 5) is 10.4. The Hall–Kier alpha value is -3.08. The summed E-state index contributed by atoms with van der Waals surface area (Å²) in [7, 11) is 0. The van der Waals surface area contributed by atoms with Gasteiger partial charge in [-0.15, -0.1) is 0 Å². The Labute approximate surface area is 133 Å². The van der Waals surface area contributed by atoms with Crippen LogP contribution in [0.5, 0.6) is 0 Å². The van der Waals surface area contributed by atoms with Gasteiger partial charge in [0.25, 0.3) is 5.69 Å². The monoisotopic (exact) mass is 300 g/mol. The first-order chi connectivity index (χ1) is 11.2. The van der Waals surface area contributed by atoms with Crippen molar-refractivity contribution >= 4 is 40.5 Å². The summed E-state index contributed by atoms with van der Waals surface area (Å²) < 4.78 is 0. The molecular formula is C18H13BN2O2.